The van der Waals surface area contributed by atoms with E-state index in [4.69, 9.17) is 5.73 Å². The average molecular weight is 336 g/mol. The van der Waals surface area contributed by atoms with Gasteiger partial charge in [-0.15, -0.1) is 0 Å². The second-order valence-corrected chi connectivity index (χ2v) is 6.96. The van der Waals surface area contributed by atoms with Gasteiger partial charge in [-0.05, 0) is 45.9 Å². The summed E-state index contributed by atoms with van der Waals surface area (Å²) in [5.41, 5.74) is 10.4. The Morgan fingerprint density at radius 3 is 2.55 bits per heavy atom. The van der Waals surface area contributed by atoms with Crippen LogP contribution in [0.1, 0.15) is 37.7 Å². The molecule has 0 unspecified atom stereocenters. The van der Waals surface area contributed by atoms with Gasteiger partial charge in [-0.1, -0.05) is 39.0 Å². The Balaban J connectivity index is 2.43. The first kappa shape index (κ1) is 15.3. The maximum Gasteiger partial charge on any atom is 0.110 e. The minimum atomic E-state index is 0.163. The molecule has 1 heterocycles. The van der Waals surface area contributed by atoms with Crippen molar-refractivity contribution in [3.63, 3.8) is 0 Å². The van der Waals surface area contributed by atoms with E-state index >= 15 is 0 Å². The highest BCUT2D eigenvalue weighted by atomic mass is 79.9. The van der Waals surface area contributed by atoms with Gasteiger partial charge in [-0.25, -0.2) is 4.98 Å². The minimum absolute atomic E-state index is 0.163. The summed E-state index contributed by atoms with van der Waals surface area (Å²) in [6.07, 6.45) is 0.762. The number of halogens is 1. The number of aromatic nitrogens is 2. The fourth-order valence-corrected chi connectivity index (χ4v) is 2.76. The summed E-state index contributed by atoms with van der Waals surface area (Å²) in [5, 5.41) is 0. The van der Waals surface area contributed by atoms with Crippen LogP contribution in [0.2, 0.25) is 0 Å². The smallest absolute Gasteiger partial charge is 0.110 e. The van der Waals surface area contributed by atoms with Crippen molar-refractivity contribution in [3.8, 4) is 11.3 Å². The van der Waals surface area contributed by atoms with Gasteiger partial charge in [-0.2, -0.15) is 0 Å². The van der Waals surface area contributed by atoms with Crippen LogP contribution in [0.3, 0.4) is 0 Å². The number of aryl methyl sites for hydroxylation is 1. The van der Waals surface area contributed by atoms with Crippen LogP contribution in [-0.2, 0) is 11.8 Å². The number of imidazole rings is 1. The predicted molar refractivity (Wildman–Crippen MR) is 87.9 cm³/mol. The van der Waals surface area contributed by atoms with E-state index in [9.17, 15) is 0 Å². The molecule has 1 aromatic heterocycles. The molecule has 0 aliphatic heterocycles. The number of hydrogen-bond donors (Lipinski definition) is 2. The standard InChI is InChI=1S/C16H22BrN3/c1-10-9-11(16(2,3)4)5-6-12(10)14-15(17)20-13(19-14)7-8-18/h5-6,9H,7-8,18H2,1-4H3,(H,19,20). The lowest BCUT2D eigenvalue weighted by atomic mass is 9.85. The Hall–Kier alpha value is -1.13. The molecule has 0 saturated carbocycles. The van der Waals surface area contributed by atoms with Gasteiger partial charge >= 0.3 is 0 Å². The normalized spacial score (nSPS) is 11.9. The van der Waals surface area contributed by atoms with Crippen LogP contribution < -0.4 is 5.73 Å². The lowest BCUT2D eigenvalue weighted by molar-refractivity contribution is 0.590. The van der Waals surface area contributed by atoms with Crippen LogP contribution in [0.5, 0.6) is 0 Å². The summed E-state index contributed by atoms with van der Waals surface area (Å²) in [4.78, 5) is 7.88. The van der Waals surface area contributed by atoms with E-state index in [0.29, 0.717) is 6.54 Å². The summed E-state index contributed by atoms with van der Waals surface area (Å²) in [6.45, 7) is 9.41. The molecule has 0 saturated heterocycles. The second-order valence-electron chi connectivity index (χ2n) is 6.16. The number of aromatic amines is 1. The first-order valence-electron chi connectivity index (χ1n) is 6.89. The Bertz CT molecular complexity index is 609. The number of benzene rings is 1. The van der Waals surface area contributed by atoms with E-state index in [1.54, 1.807) is 0 Å². The van der Waals surface area contributed by atoms with Gasteiger partial charge in [0.05, 0.1) is 0 Å². The summed E-state index contributed by atoms with van der Waals surface area (Å²) < 4.78 is 0.924. The number of nitrogens with two attached hydrogens (primary N) is 1. The number of nitrogens with one attached hydrogen (secondary N) is 1. The number of H-pyrrole nitrogens is 1. The summed E-state index contributed by atoms with van der Waals surface area (Å²) in [6, 6.07) is 6.59. The molecule has 0 aliphatic carbocycles. The molecule has 1 aromatic carbocycles. The number of nitrogens with zero attached hydrogens (tertiary/aromatic N) is 1. The minimum Gasteiger partial charge on any atom is -0.336 e. The van der Waals surface area contributed by atoms with Crippen molar-refractivity contribution < 1.29 is 0 Å². The first-order valence-corrected chi connectivity index (χ1v) is 7.68. The highest BCUT2D eigenvalue weighted by Crippen LogP contribution is 2.32. The van der Waals surface area contributed by atoms with E-state index in [0.717, 1.165) is 28.1 Å². The van der Waals surface area contributed by atoms with Crippen molar-refractivity contribution in [3.05, 3.63) is 39.8 Å². The molecule has 0 fully saturated rings. The topological polar surface area (TPSA) is 54.7 Å². The van der Waals surface area contributed by atoms with Crippen LogP contribution in [0.15, 0.2) is 22.8 Å². The zero-order valence-electron chi connectivity index (χ0n) is 12.5. The molecule has 3 N–H and O–H groups in total. The van der Waals surface area contributed by atoms with Gasteiger partial charge in [0.2, 0.25) is 0 Å². The highest BCUT2D eigenvalue weighted by Gasteiger charge is 2.17. The summed E-state index contributed by atoms with van der Waals surface area (Å²) in [7, 11) is 0. The third kappa shape index (κ3) is 3.13. The highest BCUT2D eigenvalue weighted by molar-refractivity contribution is 9.10. The second kappa shape index (κ2) is 5.70. The van der Waals surface area contributed by atoms with Gasteiger partial charge in [-0.3, -0.25) is 0 Å². The Morgan fingerprint density at radius 1 is 1.30 bits per heavy atom. The molecule has 4 heteroatoms. The van der Waals surface area contributed by atoms with Crippen molar-refractivity contribution in [2.24, 2.45) is 5.73 Å². The number of rotatable bonds is 3. The quantitative estimate of drug-likeness (QED) is 0.892. The van der Waals surface area contributed by atoms with E-state index in [-0.39, 0.29) is 5.41 Å². The van der Waals surface area contributed by atoms with Crippen LogP contribution in [0, 0.1) is 6.92 Å². The van der Waals surface area contributed by atoms with E-state index in [1.165, 1.54) is 11.1 Å². The predicted octanol–water partition coefficient (Wildman–Crippen LogP) is 3.95. The van der Waals surface area contributed by atoms with Crippen LogP contribution in [0.4, 0.5) is 0 Å². The van der Waals surface area contributed by atoms with Crippen LogP contribution in [-0.4, -0.2) is 16.5 Å². The maximum absolute atomic E-state index is 5.58. The van der Waals surface area contributed by atoms with E-state index < -0.39 is 0 Å². The van der Waals surface area contributed by atoms with Crippen molar-refractivity contribution in [2.75, 3.05) is 6.54 Å². The van der Waals surface area contributed by atoms with Gasteiger partial charge in [0.25, 0.3) is 0 Å². The summed E-state index contributed by atoms with van der Waals surface area (Å²) >= 11 is 3.56. The van der Waals surface area contributed by atoms with Crippen LogP contribution in [0.25, 0.3) is 11.3 Å². The molecule has 3 nitrogen and oxygen atoms in total. The fraction of sp³-hybridized carbons (Fsp3) is 0.438. The monoisotopic (exact) mass is 335 g/mol. The molecule has 108 valence electrons. The molecule has 0 aliphatic rings. The largest absolute Gasteiger partial charge is 0.336 e. The van der Waals surface area contributed by atoms with E-state index in [2.05, 4.69) is 71.8 Å². The molecule has 0 spiro atoms. The Morgan fingerprint density at radius 2 is 2.00 bits per heavy atom. The molecule has 0 amide bonds. The number of hydrogen-bond acceptors (Lipinski definition) is 2. The van der Waals surface area contributed by atoms with Crippen molar-refractivity contribution in [1.82, 2.24) is 9.97 Å². The Labute approximate surface area is 129 Å². The average Bonchev–Trinajstić information content (AvgIpc) is 2.69. The lowest BCUT2D eigenvalue weighted by Gasteiger charge is -2.20. The molecule has 0 radical (unpaired) electrons. The van der Waals surface area contributed by atoms with Gasteiger partial charge < -0.3 is 10.7 Å². The zero-order valence-corrected chi connectivity index (χ0v) is 14.1. The van der Waals surface area contributed by atoms with Crippen molar-refractivity contribution in [1.29, 1.82) is 0 Å². The molecule has 20 heavy (non-hydrogen) atoms. The zero-order chi connectivity index (χ0) is 14.9. The fourth-order valence-electron chi connectivity index (χ4n) is 2.23. The molecular formula is C16H22BrN3. The van der Waals surface area contributed by atoms with Crippen LogP contribution >= 0.6 is 15.9 Å². The van der Waals surface area contributed by atoms with Gasteiger partial charge in [0.1, 0.15) is 16.1 Å². The molecule has 2 aromatic rings. The molecule has 0 bridgehead atoms. The van der Waals surface area contributed by atoms with Gasteiger partial charge in [0.15, 0.2) is 0 Å². The Kier molecular flexibility index (Phi) is 4.35. The van der Waals surface area contributed by atoms with Gasteiger partial charge in [0, 0.05) is 12.0 Å². The summed E-state index contributed by atoms with van der Waals surface area (Å²) in [5.74, 6) is 0.925. The SMILES string of the molecule is Cc1cc(C(C)(C)C)ccc1-c1nc(CCN)[nH]c1Br. The maximum atomic E-state index is 5.58. The third-order valence-electron chi connectivity index (χ3n) is 3.44. The first-order chi connectivity index (χ1) is 9.32. The van der Waals surface area contributed by atoms with E-state index in [1.807, 2.05) is 0 Å². The molecular weight excluding hydrogens is 314 g/mol. The lowest BCUT2D eigenvalue weighted by Crippen LogP contribution is -2.11. The molecule has 2 rings (SSSR count). The molecule has 0 atom stereocenters. The van der Waals surface area contributed by atoms with Crippen molar-refractivity contribution in [2.45, 2.75) is 39.5 Å². The third-order valence-corrected chi connectivity index (χ3v) is 4.01. The van der Waals surface area contributed by atoms with Crippen molar-refractivity contribution >= 4 is 15.9 Å².